The van der Waals surface area contributed by atoms with Gasteiger partial charge in [-0.05, 0) is 42.8 Å². The molecule has 3 aromatic rings. The van der Waals surface area contributed by atoms with Gasteiger partial charge in [-0.15, -0.1) is 0 Å². The third kappa shape index (κ3) is 3.62. The molecule has 0 aliphatic heterocycles. The van der Waals surface area contributed by atoms with E-state index in [-0.39, 0.29) is 12.3 Å². The number of halogens is 1. The summed E-state index contributed by atoms with van der Waals surface area (Å²) >= 11 is 6.21. The van der Waals surface area contributed by atoms with Crippen molar-refractivity contribution in [2.75, 3.05) is 7.11 Å². The number of primary amides is 1. The number of ether oxygens (including phenoxy) is 2. The first-order chi connectivity index (χ1) is 12.5. The van der Waals surface area contributed by atoms with Gasteiger partial charge in [0.1, 0.15) is 23.8 Å². The number of amides is 1. The van der Waals surface area contributed by atoms with Crippen LogP contribution in [0.4, 0.5) is 0 Å². The van der Waals surface area contributed by atoms with E-state index in [4.69, 9.17) is 26.8 Å². The SMILES string of the molecule is COc1ccc(-c2n[nH]nc2C(N)=O)cc1COc1ccc(C)cc1Cl. The van der Waals surface area contributed by atoms with Crippen molar-refractivity contribution in [2.24, 2.45) is 5.73 Å². The first kappa shape index (κ1) is 17.8. The number of H-pyrrole nitrogens is 1. The molecule has 134 valence electrons. The normalized spacial score (nSPS) is 10.6. The smallest absolute Gasteiger partial charge is 0.271 e. The van der Waals surface area contributed by atoms with Crippen molar-refractivity contribution in [3.63, 3.8) is 0 Å². The van der Waals surface area contributed by atoms with Gasteiger partial charge in [0, 0.05) is 11.1 Å². The van der Waals surface area contributed by atoms with Crippen LogP contribution in [0.1, 0.15) is 21.6 Å². The highest BCUT2D eigenvalue weighted by atomic mass is 35.5. The Morgan fingerprint density at radius 1 is 1.19 bits per heavy atom. The number of carbonyl (C=O) groups excluding carboxylic acids is 1. The minimum absolute atomic E-state index is 0.0728. The second-order valence-electron chi connectivity index (χ2n) is 5.63. The van der Waals surface area contributed by atoms with Crippen molar-refractivity contribution in [3.05, 3.63) is 58.2 Å². The van der Waals surface area contributed by atoms with Crippen LogP contribution in [0.15, 0.2) is 36.4 Å². The standard InChI is InChI=1S/C18H17ClN4O3/c1-10-3-5-15(13(19)7-10)26-9-12-8-11(4-6-14(12)25-2)16-17(18(20)24)22-23-21-16/h3-8H,9H2,1-2H3,(H2,20,24)(H,21,22,23). The number of hydrogen-bond acceptors (Lipinski definition) is 5. The Kier molecular flexibility index (Phi) is 5.09. The van der Waals surface area contributed by atoms with E-state index in [9.17, 15) is 4.79 Å². The fourth-order valence-corrected chi connectivity index (χ4v) is 2.81. The lowest BCUT2D eigenvalue weighted by atomic mass is 10.1. The van der Waals surface area contributed by atoms with Gasteiger partial charge in [-0.25, -0.2) is 0 Å². The number of nitrogens with one attached hydrogen (secondary N) is 1. The monoisotopic (exact) mass is 372 g/mol. The predicted molar refractivity (Wildman–Crippen MR) is 97.4 cm³/mol. The zero-order chi connectivity index (χ0) is 18.7. The van der Waals surface area contributed by atoms with Crippen LogP contribution in [0.5, 0.6) is 11.5 Å². The molecule has 0 saturated carbocycles. The second-order valence-corrected chi connectivity index (χ2v) is 6.04. The van der Waals surface area contributed by atoms with E-state index < -0.39 is 5.91 Å². The van der Waals surface area contributed by atoms with E-state index in [1.165, 1.54) is 0 Å². The van der Waals surface area contributed by atoms with Gasteiger partial charge in [-0.2, -0.15) is 15.4 Å². The second kappa shape index (κ2) is 7.45. The lowest BCUT2D eigenvalue weighted by molar-refractivity contribution is 0.0996. The summed E-state index contributed by atoms with van der Waals surface area (Å²) in [5.74, 6) is 0.555. The van der Waals surface area contributed by atoms with Crippen LogP contribution >= 0.6 is 11.6 Å². The Labute approximate surface area is 155 Å². The molecule has 0 unspecified atom stereocenters. The van der Waals surface area contributed by atoms with Crippen LogP contribution in [0, 0.1) is 6.92 Å². The molecular formula is C18H17ClN4O3. The molecule has 0 saturated heterocycles. The number of benzene rings is 2. The van der Waals surface area contributed by atoms with Crippen molar-refractivity contribution in [1.29, 1.82) is 0 Å². The number of aromatic nitrogens is 3. The summed E-state index contributed by atoms with van der Waals surface area (Å²) in [6, 6.07) is 10.9. The van der Waals surface area contributed by atoms with E-state index in [1.807, 2.05) is 31.2 Å². The van der Waals surface area contributed by atoms with E-state index in [0.717, 1.165) is 11.1 Å². The Morgan fingerprint density at radius 3 is 2.65 bits per heavy atom. The molecule has 1 amide bonds. The van der Waals surface area contributed by atoms with E-state index in [0.29, 0.717) is 27.8 Å². The third-order valence-corrected chi connectivity index (χ3v) is 4.10. The fourth-order valence-electron chi connectivity index (χ4n) is 2.52. The molecule has 0 spiro atoms. The molecule has 0 fully saturated rings. The van der Waals surface area contributed by atoms with E-state index >= 15 is 0 Å². The maximum absolute atomic E-state index is 11.5. The van der Waals surface area contributed by atoms with Gasteiger partial charge < -0.3 is 15.2 Å². The molecule has 1 heterocycles. The summed E-state index contributed by atoms with van der Waals surface area (Å²) in [4.78, 5) is 11.5. The lowest BCUT2D eigenvalue weighted by Crippen LogP contribution is -2.12. The molecule has 0 aliphatic rings. The molecule has 8 heteroatoms. The Hall–Kier alpha value is -3.06. The summed E-state index contributed by atoms with van der Waals surface area (Å²) in [6.45, 7) is 2.18. The van der Waals surface area contributed by atoms with Gasteiger partial charge in [0.05, 0.1) is 12.1 Å². The highest BCUT2D eigenvalue weighted by molar-refractivity contribution is 6.32. The van der Waals surface area contributed by atoms with Crippen LogP contribution in [-0.4, -0.2) is 28.4 Å². The molecule has 3 N–H and O–H groups in total. The summed E-state index contributed by atoms with van der Waals surface area (Å²) in [5, 5.41) is 10.7. The quantitative estimate of drug-likeness (QED) is 0.692. The number of carbonyl (C=O) groups is 1. The van der Waals surface area contributed by atoms with Gasteiger partial charge in [-0.1, -0.05) is 17.7 Å². The number of hydrogen-bond donors (Lipinski definition) is 2. The van der Waals surface area contributed by atoms with Crippen LogP contribution in [0.2, 0.25) is 5.02 Å². The van der Waals surface area contributed by atoms with Crippen molar-refractivity contribution in [3.8, 4) is 22.8 Å². The topological polar surface area (TPSA) is 103 Å². The molecule has 3 rings (SSSR count). The van der Waals surface area contributed by atoms with E-state index in [2.05, 4.69) is 15.4 Å². The number of nitrogens with two attached hydrogens (primary N) is 1. The summed E-state index contributed by atoms with van der Waals surface area (Å²) in [7, 11) is 1.57. The average Bonchev–Trinajstić information content (AvgIpc) is 3.11. The Bertz CT molecular complexity index is 955. The molecule has 2 aromatic carbocycles. The number of aromatic amines is 1. The summed E-state index contributed by atoms with van der Waals surface area (Å²) < 4.78 is 11.2. The Balaban J connectivity index is 1.90. The molecule has 26 heavy (non-hydrogen) atoms. The van der Waals surface area contributed by atoms with Crippen molar-refractivity contribution in [1.82, 2.24) is 15.4 Å². The van der Waals surface area contributed by atoms with Gasteiger partial charge in [-0.3, -0.25) is 4.79 Å². The van der Waals surface area contributed by atoms with Crippen LogP contribution in [0.25, 0.3) is 11.3 Å². The Morgan fingerprint density at radius 2 is 1.96 bits per heavy atom. The lowest BCUT2D eigenvalue weighted by Gasteiger charge is -2.13. The first-order valence-corrected chi connectivity index (χ1v) is 8.14. The van der Waals surface area contributed by atoms with E-state index in [1.54, 1.807) is 19.2 Å². The van der Waals surface area contributed by atoms with Crippen LogP contribution in [0.3, 0.4) is 0 Å². The number of aryl methyl sites for hydroxylation is 1. The largest absolute Gasteiger partial charge is 0.496 e. The minimum Gasteiger partial charge on any atom is -0.496 e. The first-order valence-electron chi connectivity index (χ1n) is 7.76. The third-order valence-electron chi connectivity index (χ3n) is 3.81. The number of methoxy groups -OCH3 is 1. The van der Waals surface area contributed by atoms with Crippen molar-refractivity contribution >= 4 is 17.5 Å². The van der Waals surface area contributed by atoms with Gasteiger partial charge in [0.15, 0.2) is 5.69 Å². The minimum atomic E-state index is -0.659. The molecule has 7 nitrogen and oxygen atoms in total. The highest BCUT2D eigenvalue weighted by Gasteiger charge is 2.17. The van der Waals surface area contributed by atoms with Crippen molar-refractivity contribution < 1.29 is 14.3 Å². The summed E-state index contributed by atoms with van der Waals surface area (Å²) in [5.41, 5.74) is 8.25. The molecule has 1 aromatic heterocycles. The fraction of sp³-hybridized carbons (Fsp3) is 0.167. The van der Waals surface area contributed by atoms with Gasteiger partial charge >= 0.3 is 0 Å². The van der Waals surface area contributed by atoms with Gasteiger partial charge in [0.25, 0.3) is 5.91 Å². The van der Waals surface area contributed by atoms with Crippen molar-refractivity contribution in [2.45, 2.75) is 13.5 Å². The molecular weight excluding hydrogens is 356 g/mol. The van der Waals surface area contributed by atoms with Gasteiger partial charge in [0.2, 0.25) is 0 Å². The molecule has 0 aliphatic carbocycles. The maximum atomic E-state index is 11.5. The zero-order valence-electron chi connectivity index (χ0n) is 14.2. The molecule has 0 radical (unpaired) electrons. The maximum Gasteiger partial charge on any atom is 0.271 e. The number of nitrogens with zero attached hydrogens (tertiary/aromatic N) is 2. The number of rotatable bonds is 6. The zero-order valence-corrected chi connectivity index (χ0v) is 15.0. The van der Waals surface area contributed by atoms with Crippen LogP contribution in [-0.2, 0) is 6.61 Å². The summed E-state index contributed by atoms with van der Waals surface area (Å²) in [6.07, 6.45) is 0. The highest BCUT2D eigenvalue weighted by Crippen LogP contribution is 2.30. The predicted octanol–water partition coefficient (Wildman–Crippen LogP) is 3.12. The molecule has 0 bridgehead atoms. The molecule has 0 atom stereocenters. The van der Waals surface area contributed by atoms with Crippen LogP contribution < -0.4 is 15.2 Å². The average molecular weight is 373 g/mol.